The molecular formula is C30H31FN6O3. The van der Waals surface area contributed by atoms with Crippen LogP contribution in [-0.2, 0) is 4.74 Å². The number of halogens is 1. The minimum Gasteiger partial charge on any atom is -0.488 e. The molecule has 1 atom stereocenters. The van der Waals surface area contributed by atoms with E-state index >= 15 is 4.39 Å². The largest absolute Gasteiger partial charge is 0.488 e. The molecule has 0 bridgehead atoms. The van der Waals surface area contributed by atoms with Crippen molar-refractivity contribution in [3.8, 4) is 11.5 Å². The number of hydrazone groups is 1. The van der Waals surface area contributed by atoms with Gasteiger partial charge in [0.15, 0.2) is 5.75 Å². The van der Waals surface area contributed by atoms with E-state index in [2.05, 4.69) is 39.1 Å². The van der Waals surface area contributed by atoms with Gasteiger partial charge in [-0.2, -0.15) is 5.10 Å². The van der Waals surface area contributed by atoms with Crippen LogP contribution in [0.2, 0.25) is 0 Å². The lowest BCUT2D eigenvalue weighted by molar-refractivity contribution is 0.0709. The van der Waals surface area contributed by atoms with E-state index in [1.54, 1.807) is 29.4 Å². The summed E-state index contributed by atoms with van der Waals surface area (Å²) in [5.74, 6) is 1.67. The quantitative estimate of drug-likeness (QED) is 0.386. The highest BCUT2D eigenvalue weighted by molar-refractivity contribution is 6.00. The van der Waals surface area contributed by atoms with Crippen molar-refractivity contribution in [3.05, 3.63) is 77.9 Å². The molecule has 1 aromatic heterocycles. The molecule has 0 radical (unpaired) electrons. The number of nitrogens with one attached hydrogen (secondary N) is 1. The summed E-state index contributed by atoms with van der Waals surface area (Å²) in [5.41, 5.74) is 4.05. The number of anilines is 3. The molecule has 6 rings (SSSR count). The number of benzene rings is 2. The summed E-state index contributed by atoms with van der Waals surface area (Å²) >= 11 is 0. The van der Waals surface area contributed by atoms with Gasteiger partial charge in [-0.3, -0.25) is 0 Å². The minimum absolute atomic E-state index is 0.166. The third-order valence-corrected chi connectivity index (χ3v) is 7.23. The summed E-state index contributed by atoms with van der Waals surface area (Å²) in [6.45, 7) is 8.59. The van der Waals surface area contributed by atoms with E-state index in [0.29, 0.717) is 53.8 Å². The molecule has 206 valence electrons. The zero-order valence-electron chi connectivity index (χ0n) is 22.7. The van der Waals surface area contributed by atoms with E-state index in [9.17, 15) is 0 Å². The van der Waals surface area contributed by atoms with Gasteiger partial charge in [-0.05, 0) is 56.2 Å². The van der Waals surface area contributed by atoms with Crippen LogP contribution in [-0.4, -0.2) is 53.6 Å². The highest BCUT2D eigenvalue weighted by Gasteiger charge is 2.32. The third-order valence-electron chi connectivity index (χ3n) is 7.23. The van der Waals surface area contributed by atoms with E-state index in [0.717, 1.165) is 29.9 Å². The first-order chi connectivity index (χ1) is 19.6. The topological polar surface area (TPSA) is 84.3 Å². The zero-order valence-corrected chi connectivity index (χ0v) is 22.7. The average Bonchev–Trinajstić information content (AvgIpc) is 2.98. The lowest BCUT2D eigenvalue weighted by Crippen LogP contribution is -2.51. The smallest absolute Gasteiger partial charge is 0.155 e. The molecule has 9 nitrogen and oxygen atoms in total. The monoisotopic (exact) mass is 542 g/mol. The maximum Gasteiger partial charge on any atom is 0.155 e. The van der Waals surface area contributed by atoms with Crippen LogP contribution in [0.4, 0.5) is 21.6 Å². The summed E-state index contributed by atoms with van der Waals surface area (Å²) in [6, 6.07) is 8.85. The van der Waals surface area contributed by atoms with Crippen molar-refractivity contribution in [1.82, 2.24) is 15.0 Å². The standard InChI is InChI=1S/C30H31FN6O3/c1-4-19(3)27-15-22(10-11-37(27)34-5-2)40-21-6-7-24(23(31)14-21)35-30-28-25(32-18-33-30)8-9-26-29(28)39-17-20-16-38-13-12-36(20)26/h5-11,14-15,18,20H,4,12-13,16-17H2,1-3H3,(H,32,33,35)/b27-19-,34-5-. The van der Waals surface area contributed by atoms with Gasteiger partial charge in [-0.25, -0.2) is 19.4 Å². The molecule has 1 N–H and O–H groups in total. The third kappa shape index (κ3) is 4.86. The fourth-order valence-electron chi connectivity index (χ4n) is 5.05. The number of hydrogen-bond acceptors (Lipinski definition) is 9. The van der Waals surface area contributed by atoms with Crippen molar-refractivity contribution < 1.29 is 18.6 Å². The summed E-state index contributed by atoms with van der Waals surface area (Å²) in [4.78, 5) is 11.2. The molecule has 0 spiro atoms. The van der Waals surface area contributed by atoms with Crippen LogP contribution in [0.1, 0.15) is 27.2 Å². The van der Waals surface area contributed by atoms with E-state index < -0.39 is 5.82 Å². The second-order valence-corrected chi connectivity index (χ2v) is 9.73. The maximum absolute atomic E-state index is 15.4. The molecule has 10 heteroatoms. The Morgan fingerprint density at radius 3 is 2.98 bits per heavy atom. The molecule has 2 aromatic carbocycles. The van der Waals surface area contributed by atoms with Crippen molar-refractivity contribution in [2.45, 2.75) is 33.2 Å². The molecule has 1 unspecified atom stereocenters. The predicted molar refractivity (Wildman–Crippen MR) is 154 cm³/mol. The van der Waals surface area contributed by atoms with Gasteiger partial charge in [0, 0.05) is 31.1 Å². The molecule has 4 heterocycles. The van der Waals surface area contributed by atoms with Gasteiger partial charge in [-0.15, -0.1) is 0 Å². The van der Waals surface area contributed by atoms with Gasteiger partial charge in [0.25, 0.3) is 0 Å². The summed E-state index contributed by atoms with van der Waals surface area (Å²) in [7, 11) is 0. The van der Waals surface area contributed by atoms with Gasteiger partial charge < -0.3 is 24.4 Å². The number of allylic oxidation sites excluding steroid dienone is 3. The molecule has 3 aromatic rings. The van der Waals surface area contributed by atoms with E-state index in [4.69, 9.17) is 14.2 Å². The molecule has 0 aliphatic carbocycles. The van der Waals surface area contributed by atoms with Gasteiger partial charge in [0.1, 0.15) is 36.1 Å². The molecule has 3 aliphatic heterocycles. The molecule has 0 amide bonds. The van der Waals surface area contributed by atoms with E-state index in [1.165, 1.54) is 12.4 Å². The molecule has 1 fully saturated rings. The van der Waals surface area contributed by atoms with Crippen LogP contribution in [0.3, 0.4) is 0 Å². The Hall–Kier alpha value is -4.44. The van der Waals surface area contributed by atoms with Crippen LogP contribution < -0.4 is 19.7 Å². The molecular weight excluding hydrogens is 511 g/mol. The summed E-state index contributed by atoms with van der Waals surface area (Å²) < 4.78 is 33.2. The second kappa shape index (κ2) is 11.0. The van der Waals surface area contributed by atoms with Crippen molar-refractivity contribution in [3.63, 3.8) is 0 Å². The first kappa shape index (κ1) is 25.8. The lowest BCUT2D eigenvalue weighted by atomic mass is 10.1. The van der Waals surface area contributed by atoms with Gasteiger partial charge in [0.2, 0.25) is 0 Å². The Morgan fingerprint density at radius 1 is 1.25 bits per heavy atom. The summed E-state index contributed by atoms with van der Waals surface area (Å²) in [6.07, 6.45) is 9.61. The lowest BCUT2D eigenvalue weighted by Gasteiger charge is -2.41. The number of ether oxygens (including phenoxy) is 3. The van der Waals surface area contributed by atoms with Crippen LogP contribution >= 0.6 is 0 Å². The average molecular weight is 543 g/mol. The predicted octanol–water partition coefficient (Wildman–Crippen LogP) is 5.89. The van der Waals surface area contributed by atoms with Crippen LogP contribution in [0.5, 0.6) is 11.5 Å². The maximum atomic E-state index is 15.4. The number of morpholine rings is 1. The fraction of sp³-hybridized carbons (Fsp3) is 0.300. The Morgan fingerprint density at radius 2 is 2.15 bits per heavy atom. The van der Waals surface area contributed by atoms with Gasteiger partial charge in [0.05, 0.1) is 47.2 Å². The van der Waals surface area contributed by atoms with Crippen molar-refractivity contribution in [1.29, 1.82) is 0 Å². The van der Waals surface area contributed by atoms with Gasteiger partial charge in [-0.1, -0.05) is 6.92 Å². The van der Waals surface area contributed by atoms with Crippen LogP contribution in [0.15, 0.2) is 77.1 Å². The second-order valence-electron chi connectivity index (χ2n) is 9.73. The number of rotatable bonds is 6. The Balaban J connectivity index is 1.27. The zero-order chi connectivity index (χ0) is 27.6. The normalized spacial score (nSPS) is 19.7. The fourth-order valence-corrected chi connectivity index (χ4v) is 5.05. The highest BCUT2D eigenvalue weighted by atomic mass is 19.1. The Labute approximate surface area is 232 Å². The first-order valence-corrected chi connectivity index (χ1v) is 13.4. The molecule has 3 aliphatic rings. The highest BCUT2D eigenvalue weighted by Crippen LogP contribution is 2.43. The number of fused-ring (bicyclic) bond motifs is 5. The number of hydrogen-bond donors (Lipinski definition) is 1. The number of aromatic nitrogens is 2. The SMILES string of the molecule is C/C=N\N1C=CC(Oc2ccc(Nc3ncnc4ccc5c(c34)OCC3COCCN53)c(F)c2)=C/C1=C(\C)CC. The summed E-state index contributed by atoms with van der Waals surface area (Å²) in [5, 5.41) is 10.0. The first-order valence-electron chi connectivity index (χ1n) is 13.4. The molecule has 0 saturated carbocycles. The van der Waals surface area contributed by atoms with Crippen molar-refractivity contribution in [2.75, 3.05) is 36.6 Å². The Kier molecular flexibility index (Phi) is 7.08. The number of nitrogens with zero attached hydrogens (tertiary/aromatic N) is 5. The van der Waals surface area contributed by atoms with Crippen LogP contribution in [0, 0.1) is 5.82 Å². The van der Waals surface area contributed by atoms with Crippen molar-refractivity contribution in [2.24, 2.45) is 5.10 Å². The molecule has 1 saturated heterocycles. The Bertz CT molecular complexity index is 1570. The van der Waals surface area contributed by atoms with E-state index in [1.807, 2.05) is 31.3 Å². The van der Waals surface area contributed by atoms with E-state index in [-0.39, 0.29) is 11.7 Å². The van der Waals surface area contributed by atoms with Gasteiger partial charge >= 0.3 is 0 Å². The minimum atomic E-state index is -0.471. The van der Waals surface area contributed by atoms with Crippen molar-refractivity contribution >= 4 is 34.3 Å². The molecule has 40 heavy (non-hydrogen) atoms. The van der Waals surface area contributed by atoms with Crippen LogP contribution in [0.25, 0.3) is 10.9 Å².